The van der Waals surface area contributed by atoms with Gasteiger partial charge in [-0.1, -0.05) is 25.5 Å². The molecule has 142 valence electrons. The van der Waals surface area contributed by atoms with Gasteiger partial charge in [0.15, 0.2) is 0 Å². The number of carbonyl (C=O) groups is 2. The molecule has 26 heavy (non-hydrogen) atoms. The van der Waals surface area contributed by atoms with Gasteiger partial charge in [-0.15, -0.1) is 0 Å². The van der Waals surface area contributed by atoms with Gasteiger partial charge >= 0.3 is 12.0 Å². The Bertz CT molecular complexity index is 682. The molecule has 1 unspecified atom stereocenters. The lowest BCUT2D eigenvalue weighted by Gasteiger charge is -2.29. The highest BCUT2D eigenvalue weighted by molar-refractivity contribution is 5.95. The predicted molar refractivity (Wildman–Crippen MR) is 99.8 cm³/mol. The Balaban J connectivity index is 2.45. The maximum atomic E-state index is 12.6. The highest BCUT2D eigenvalue weighted by Crippen LogP contribution is 2.31. The number of amides is 2. The van der Waals surface area contributed by atoms with Gasteiger partial charge in [0.1, 0.15) is 5.75 Å². The van der Waals surface area contributed by atoms with Crippen LogP contribution in [0.2, 0.25) is 0 Å². The van der Waals surface area contributed by atoms with E-state index in [4.69, 9.17) is 9.47 Å². The maximum Gasteiger partial charge on any atom is 0.338 e. The van der Waals surface area contributed by atoms with Crippen molar-refractivity contribution in [3.05, 3.63) is 41.1 Å². The van der Waals surface area contributed by atoms with E-state index in [-0.39, 0.29) is 18.7 Å². The largest absolute Gasteiger partial charge is 0.491 e. The Hall–Kier alpha value is -2.50. The molecule has 0 saturated carbocycles. The van der Waals surface area contributed by atoms with Crippen molar-refractivity contribution in [2.75, 3.05) is 6.61 Å². The van der Waals surface area contributed by atoms with Gasteiger partial charge in [0.25, 0.3) is 0 Å². The first-order valence-electron chi connectivity index (χ1n) is 9.20. The number of allylic oxidation sites excluding steroid dienone is 1. The van der Waals surface area contributed by atoms with Crippen molar-refractivity contribution in [1.29, 1.82) is 0 Å². The van der Waals surface area contributed by atoms with Crippen LogP contribution in [0.4, 0.5) is 4.79 Å². The van der Waals surface area contributed by atoms with Gasteiger partial charge in [0.2, 0.25) is 0 Å². The fourth-order valence-corrected chi connectivity index (χ4v) is 2.91. The van der Waals surface area contributed by atoms with Crippen LogP contribution in [-0.2, 0) is 9.53 Å². The van der Waals surface area contributed by atoms with Crippen LogP contribution < -0.4 is 15.4 Å². The first kappa shape index (κ1) is 19.8. The number of hydrogen-bond donors (Lipinski definition) is 2. The zero-order valence-corrected chi connectivity index (χ0v) is 15.9. The standard InChI is InChI=1S/C20H28N2O4/c1-5-7-11-16-17(19(23)25-6-2)18(22-20(24)21-16)14-9-8-10-15(12-14)26-13(3)4/h8-10,12-13,18H,5-7,11H2,1-4H3,(H2,21,22,24). The van der Waals surface area contributed by atoms with Gasteiger partial charge in [0, 0.05) is 5.70 Å². The molecule has 0 aromatic heterocycles. The molecule has 0 radical (unpaired) electrons. The third-order valence-corrected chi connectivity index (χ3v) is 3.99. The summed E-state index contributed by atoms with van der Waals surface area (Å²) in [6, 6.07) is 6.57. The molecule has 1 aliphatic heterocycles. The van der Waals surface area contributed by atoms with Gasteiger partial charge in [-0.3, -0.25) is 0 Å². The Kier molecular flexibility index (Phi) is 7.06. The molecule has 0 saturated heterocycles. The molecule has 0 aliphatic carbocycles. The van der Waals surface area contributed by atoms with E-state index in [0.29, 0.717) is 23.4 Å². The van der Waals surface area contributed by atoms with Crippen LogP contribution in [0.3, 0.4) is 0 Å². The van der Waals surface area contributed by atoms with Gasteiger partial charge in [-0.05, 0) is 51.3 Å². The number of urea groups is 1. The highest BCUT2D eigenvalue weighted by Gasteiger charge is 2.33. The molecular weight excluding hydrogens is 332 g/mol. The van der Waals surface area contributed by atoms with Gasteiger partial charge in [-0.2, -0.15) is 0 Å². The molecule has 2 amide bonds. The number of esters is 1. The van der Waals surface area contributed by atoms with Crippen molar-refractivity contribution < 1.29 is 19.1 Å². The number of ether oxygens (including phenoxy) is 2. The average molecular weight is 360 g/mol. The molecule has 0 bridgehead atoms. The lowest BCUT2D eigenvalue weighted by molar-refractivity contribution is -0.139. The second-order valence-corrected chi connectivity index (χ2v) is 6.49. The summed E-state index contributed by atoms with van der Waals surface area (Å²) in [5, 5.41) is 5.63. The van der Waals surface area contributed by atoms with E-state index < -0.39 is 12.0 Å². The minimum Gasteiger partial charge on any atom is -0.491 e. The molecule has 2 N–H and O–H groups in total. The first-order valence-corrected chi connectivity index (χ1v) is 9.20. The Morgan fingerprint density at radius 1 is 1.27 bits per heavy atom. The molecule has 1 heterocycles. The minimum atomic E-state index is -0.564. The summed E-state index contributed by atoms with van der Waals surface area (Å²) >= 11 is 0. The minimum absolute atomic E-state index is 0.0352. The topological polar surface area (TPSA) is 76.7 Å². The third-order valence-electron chi connectivity index (χ3n) is 3.99. The number of hydrogen-bond acceptors (Lipinski definition) is 4. The second-order valence-electron chi connectivity index (χ2n) is 6.49. The highest BCUT2D eigenvalue weighted by atomic mass is 16.5. The number of benzene rings is 1. The number of rotatable bonds is 8. The molecule has 1 aromatic carbocycles. The second kappa shape index (κ2) is 9.27. The van der Waals surface area contributed by atoms with Crippen LogP contribution in [0.1, 0.15) is 58.6 Å². The van der Waals surface area contributed by atoms with Crippen LogP contribution in [0.15, 0.2) is 35.5 Å². The van der Waals surface area contributed by atoms with Crippen molar-refractivity contribution in [2.45, 2.75) is 59.1 Å². The van der Waals surface area contributed by atoms with Crippen molar-refractivity contribution in [3.8, 4) is 5.75 Å². The van der Waals surface area contributed by atoms with E-state index in [1.165, 1.54) is 0 Å². The molecule has 1 aromatic rings. The normalized spacial score (nSPS) is 17.0. The summed E-state index contributed by atoms with van der Waals surface area (Å²) in [6.07, 6.45) is 2.50. The summed E-state index contributed by atoms with van der Waals surface area (Å²) in [7, 11) is 0. The Labute approximate surface area is 154 Å². The summed E-state index contributed by atoms with van der Waals surface area (Å²) in [4.78, 5) is 24.8. The summed E-state index contributed by atoms with van der Waals surface area (Å²) in [5.41, 5.74) is 1.88. The van der Waals surface area contributed by atoms with Crippen LogP contribution >= 0.6 is 0 Å². The predicted octanol–water partition coefficient (Wildman–Crippen LogP) is 3.84. The molecule has 6 heteroatoms. The van der Waals surface area contributed by atoms with Crippen molar-refractivity contribution in [1.82, 2.24) is 10.6 Å². The van der Waals surface area contributed by atoms with Gasteiger partial charge in [0.05, 0.1) is 24.3 Å². The van der Waals surface area contributed by atoms with E-state index >= 15 is 0 Å². The molecule has 0 spiro atoms. The van der Waals surface area contributed by atoms with Crippen LogP contribution in [0, 0.1) is 0 Å². The van der Waals surface area contributed by atoms with Crippen molar-refractivity contribution in [2.24, 2.45) is 0 Å². The zero-order chi connectivity index (χ0) is 19.1. The lowest BCUT2D eigenvalue weighted by Crippen LogP contribution is -2.46. The van der Waals surface area contributed by atoms with Crippen LogP contribution in [0.5, 0.6) is 5.75 Å². The van der Waals surface area contributed by atoms with Crippen molar-refractivity contribution in [3.63, 3.8) is 0 Å². The Morgan fingerprint density at radius 3 is 2.69 bits per heavy atom. The summed E-state index contributed by atoms with van der Waals surface area (Å²) in [6.45, 7) is 8.01. The molecule has 0 fully saturated rings. The van der Waals surface area contributed by atoms with E-state index in [1.54, 1.807) is 6.92 Å². The Morgan fingerprint density at radius 2 is 2.04 bits per heavy atom. The number of unbranched alkanes of at least 4 members (excludes halogenated alkanes) is 1. The fraction of sp³-hybridized carbons (Fsp3) is 0.500. The lowest BCUT2D eigenvalue weighted by atomic mass is 9.93. The molecule has 1 atom stereocenters. The van der Waals surface area contributed by atoms with Gasteiger partial charge in [-0.25, -0.2) is 9.59 Å². The van der Waals surface area contributed by atoms with E-state index in [1.807, 2.05) is 38.1 Å². The number of nitrogens with one attached hydrogen (secondary N) is 2. The summed E-state index contributed by atoms with van der Waals surface area (Å²) in [5.74, 6) is 0.287. The third kappa shape index (κ3) is 5.00. The molecular formula is C20H28N2O4. The maximum absolute atomic E-state index is 12.6. The number of carbonyl (C=O) groups excluding carboxylic acids is 2. The van der Waals surface area contributed by atoms with E-state index in [2.05, 4.69) is 17.6 Å². The van der Waals surface area contributed by atoms with Crippen LogP contribution in [0.25, 0.3) is 0 Å². The molecule has 6 nitrogen and oxygen atoms in total. The van der Waals surface area contributed by atoms with Crippen molar-refractivity contribution >= 4 is 12.0 Å². The van der Waals surface area contributed by atoms with Gasteiger partial charge < -0.3 is 20.1 Å². The smallest absolute Gasteiger partial charge is 0.338 e. The monoisotopic (exact) mass is 360 g/mol. The summed E-state index contributed by atoms with van der Waals surface area (Å²) < 4.78 is 11.0. The quantitative estimate of drug-likeness (QED) is 0.691. The van der Waals surface area contributed by atoms with Crippen LogP contribution in [-0.4, -0.2) is 24.7 Å². The molecule has 1 aliphatic rings. The van der Waals surface area contributed by atoms with E-state index in [9.17, 15) is 9.59 Å². The fourth-order valence-electron chi connectivity index (χ4n) is 2.91. The SMILES string of the molecule is CCCCC1=C(C(=O)OCC)C(c2cccc(OC(C)C)c2)NC(=O)N1. The van der Waals surface area contributed by atoms with E-state index in [0.717, 1.165) is 18.4 Å². The first-order chi connectivity index (χ1) is 12.5. The zero-order valence-electron chi connectivity index (χ0n) is 15.9. The molecule has 2 rings (SSSR count). The average Bonchev–Trinajstić information content (AvgIpc) is 2.59.